The summed E-state index contributed by atoms with van der Waals surface area (Å²) in [6.07, 6.45) is 9.30. The Morgan fingerprint density at radius 2 is 1.89 bits per heavy atom. The number of nitrogen functional groups attached to an aromatic ring is 1. The van der Waals surface area contributed by atoms with Crippen LogP contribution in [0, 0.1) is 5.92 Å². The van der Waals surface area contributed by atoms with Crippen LogP contribution < -0.4 is 10.6 Å². The summed E-state index contributed by atoms with van der Waals surface area (Å²) in [5.74, 6) is 4.17. The molecule has 0 bridgehead atoms. The van der Waals surface area contributed by atoms with E-state index >= 15 is 0 Å². The molecule has 0 aromatic carbocycles. The average Bonchev–Trinajstić information content (AvgIpc) is 3.18. The van der Waals surface area contributed by atoms with Gasteiger partial charge in [0.1, 0.15) is 17.5 Å². The van der Waals surface area contributed by atoms with Gasteiger partial charge in [0.05, 0.1) is 0 Å². The molecule has 2 N–H and O–H groups in total. The van der Waals surface area contributed by atoms with Crippen LogP contribution in [-0.4, -0.2) is 22.6 Å². The summed E-state index contributed by atoms with van der Waals surface area (Å²) in [4.78, 5) is 11.7. The lowest BCUT2D eigenvalue weighted by Crippen LogP contribution is -2.35. The predicted octanol–water partition coefficient (Wildman–Crippen LogP) is 2.71. The summed E-state index contributed by atoms with van der Waals surface area (Å²) >= 11 is 0. The molecule has 2 saturated carbocycles. The number of hydrogen-bond donors (Lipinski definition) is 1. The normalized spacial score (nSPS) is 30.4. The fourth-order valence-electron chi connectivity index (χ4n) is 3.83. The zero-order chi connectivity index (χ0) is 12.8. The molecule has 1 aromatic rings. The second-order valence-corrected chi connectivity index (χ2v) is 6.38. The lowest BCUT2D eigenvalue weighted by molar-refractivity contribution is 0.341. The van der Waals surface area contributed by atoms with Crippen LogP contribution in [0.1, 0.15) is 56.7 Å². The Hall–Kier alpha value is -1.32. The first kappa shape index (κ1) is 11.5. The van der Waals surface area contributed by atoms with Crippen molar-refractivity contribution in [3.8, 4) is 0 Å². The van der Waals surface area contributed by atoms with Crippen LogP contribution in [-0.2, 0) is 0 Å². The van der Waals surface area contributed by atoms with Crippen molar-refractivity contribution in [2.45, 2.75) is 56.9 Å². The van der Waals surface area contributed by atoms with E-state index in [9.17, 15) is 0 Å². The number of fused-ring (bicyclic) bond motifs is 1. The lowest BCUT2D eigenvalue weighted by atomic mass is 9.85. The standard InChI is InChI=1S/C15H22N4/c16-13-9-14(18-15(17-13)11-5-6-11)19-8-7-10-3-1-2-4-12(10)19/h9-12H,1-8H2,(H2,16,17,18). The molecule has 3 fully saturated rings. The van der Waals surface area contributed by atoms with Gasteiger partial charge in [-0.05, 0) is 38.0 Å². The van der Waals surface area contributed by atoms with E-state index in [4.69, 9.17) is 10.7 Å². The van der Waals surface area contributed by atoms with Crippen molar-refractivity contribution < 1.29 is 0 Å². The van der Waals surface area contributed by atoms with Crippen LogP contribution in [0.3, 0.4) is 0 Å². The Morgan fingerprint density at radius 1 is 1.05 bits per heavy atom. The second-order valence-electron chi connectivity index (χ2n) is 6.38. The molecule has 2 atom stereocenters. The first-order chi connectivity index (χ1) is 9.31. The average molecular weight is 258 g/mol. The molecule has 102 valence electrons. The summed E-state index contributed by atoms with van der Waals surface area (Å²) in [7, 11) is 0. The molecule has 0 spiro atoms. The number of anilines is 2. The second kappa shape index (κ2) is 4.36. The zero-order valence-corrected chi connectivity index (χ0v) is 11.4. The molecule has 2 heterocycles. The maximum atomic E-state index is 5.98. The minimum absolute atomic E-state index is 0.576. The van der Waals surface area contributed by atoms with E-state index in [1.165, 1.54) is 44.9 Å². The minimum atomic E-state index is 0.576. The molecular weight excluding hydrogens is 236 g/mol. The van der Waals surface area contributed by atoms with Gasteiger partial charge >= 0.3 is 0 Å². The monoisotopic (exact) mass is 258 g/mol. The highest BCUT2D eigenvalue weighted by Crippen LogP contribution is 2.41. The molecule has 4 heteroatoms. The van der Waals surface area contributed by atoms with Gasteiger partial charge < -0.3 is 10.6 Å². The van der Waals surface area contributed by atoms with Gasteiger partial charge in [-0.1, -0.05) is 12.8 Å². The lowest BCUT2D eigenvalue weighted by Gasteiger charge is -2.32. The van der Waals surface area contributed by atoms with Gasteiger partial charge in [-0.3, -0.25) is 0 Å². The van der Waals surface area contributed by atoms with Crippen LogP contribution in [0.25, 0.3) is 0 Å². The number of aromatic nitrogens is 2. The summed E-state index contributed by atoms with van der Waals surface area (Å²) in [5, 5.41) is 0. The Kier molecular flexibility index (Phi) is 2.64. The predicted molar refractivity (Wildman–Crippen MR) is 76.1 cm³/mol. The maximum Gasteiger partial charge on any atom is 0.136 e. The topological polar surface area (TPSA) is 55.0 Å². The van der Waals surface area contributed by atoms with Crippen molar-refractivity contribution in [1.82, 2.24) is 9.97 Å². The number of nitrogens with zero attached hydrogens (tertiary/aromatic N) is 3. The van der Waals surface area contributed by atoms with Crippen LogP contribution >= 0.6 is 0 Å². The molecule has 1 aromatic heterocycles. The van der Waals surface area contributed by atoms with Crippen molar-refractivity contribution >= 4 is 11.6 Å². The van der Waals surface area contributed by atoms with E-state index in [0.717, 1.165) is 24.1 Å². The smallest absolute Gasteiger partial charge is 0.136 e. The van der Waals surface area contributed by atoms with Gasteiger partial charge in [0.15, 0.2) is 0 Å². The van der Waals surface area contributed by atoms with Crippen molar-refractivity contribution in [3.05, 3.63) is 11.9 Å². The van der Waals surface area contributed by atoms with Crippen LogP contribution in [0.4, 0.5) is 11.6 Å². The molecular formula is C15H22N4. The van der Waals surface area contributed by atoms with Gasteiger partial charge in [0.25, 0.3) is 0 Å². The van der Waals surface area contributed by atoms with Gasteiger partial charge in [0, 0.05) is 24.6 Å². The largest absolute Gasteiger partial charge is 0.384 e. The fraction of sp³-hybridized carbons (Fsp3) is 0.733. The number of rotatable bonds is 2. The summed E-state index contributed by atoms with van der Waals surface area (Å²) in [6.45, 7) is 1.15. The Morgan fingerprint density at radius 3 is 2.74 bits per heavy atom. The van der Waals surface area contributed by atoms with Gasteiger partial charge in [-0.25, -0.2) is 9.97 Å². The van der Waals surface area contributed by atoms with Gasteiger partial charge in [0.2, 0.25) is 0 Å². The molecule has 3 aliphatic rings. The molecule has 4 nitrogen and oxygen atoms in total. The highest BCUT2D eigenvalue weighted by molar-refractivity contribution is 5.49. The Labute approximate surface area is 114 Å². The molecule has 1 saturated heterocycles. The van der Waals surface area contributed by atoms with Crippen molar-refractivity contribution in [1.29, 1.82) is 0 Å². The van der Waals surface area contributed by atoms with Crippen molar-refractivity contribution in [2.75, 3.05) is 17.2 Å². The molecule has 2 aliphatic carbocycles. The quantitative estimate of drug-likeness (QED) is 0.886. The van der Waals surface area contributed by atoms with Crippen LogP contribution in [0.5, 0.6) is 0 Å². The molecule has 0 amide bonds. The van der Waals surface area contributed by atoms with E-state index in [-0.39, 0.29) is 0 Å². The van der Waals surface area contributed by atoms with Crippen LogP contribution in [0.15, 0.2) is 6.07 Å². The SMILES string of the molecule is Nc1cc(N2CCC3CCCCC32)nc(C2CC2)n1. The van der Waals surface area contributed by atoms with Gasteiger partial charge in [-0.2, -0.15) is 0 Å². The van der Waals surface area contributed by atoms with Gasteiger partial charge in [-0.15, -0.1) is 0 Å². The van der Waals surface area contributed by atoms with Crippen molar-refractivity contribution in [3.63, 3.8) is 0 Å². The minimum Gasteiger partial charge on any atom is -0.384 e. The van der Waals surface area contributed by atoms with E-state index in [1.54, 1.807) is 0 Å². The summed E-state index contributed by atoms with van der Waals surface area (Å²) < 4.78 is 0. The number of nitrogens with two attached hydrogens (primary N) is 1. The molecule has 19 heavy (non-hydrogen) atoms. The van der Waals surface area contributed by atoms with E-state index < -0.39 is 0 Å². The van der Waals surface area contributed by atoms with E-state index in [1.807, 2.05) is 6.07 Å². The highest BCUT2D eigenvalue weighted by Gasteiger charge is 2.37. The highest BCUT2D eigenvalue weighted by atomic mass is 15.2. The molecule has 1 aliphatic heterocycles. The third kappa shape index (κ3) is 2.07. The Bertz CT molecular complexity index is 483. The third-order valence-corrected chi connectivity index (χ3v) is 5.00. The zero-order valence-electron chi connectivity index (χ0n) is 11.4. The number of hydrogen-bond acceptors (Lipinski definition) is 4. The maximum absolute atomic E-state index is 5.98. The first-order valence-corrected chi connectivity index (χ1v) is 7.72. The fourth-order valence-corrected chi connectivity index (χ4v) is 3.83. The van der Waals surface area contributed by atoms with Crippen LogP contribution in [0.2, 0.25) is 0 Å². The Balaban J connectivity index is 1.64. The summed E-state index contributed by atoms with van der Waals surface area (Å²) in [5.41, 5.74) is 5.98. The molecule has 2 unspecified atom stereocenters. The molecule has 0 radical (unpaired) electrons. The first-order valence-electron chi connectivity index (χ1n) is 7.72. The van der Waals surface area contributed by atoms with E-state index in [2.05, 4.69) is 9.88 Å². The molecule has 4 rings (SSSR count). The summed E-state index contributed by atoms with van der Waals surface area (Å²) in [6, 6.07) is 2.68. The van der Waals surface area contributed by atoms with Crippen molar-refractivity contribution in [2.24, 2.45) is 5.92 Å². The third-order valence-electron chi connectivity index (χ3n) is 5.00. The van der Waals surface area contributed by atoms with E-state index in [0.29, 0.717) is 17.8 Å².